The molecular weight excluding hydrogens is 723 g/mol. The third-order valence-corrected chi connectivity index (χ3v) is 8.40. The van der Waals surface area contributed by atoms with Gasteiger partial charge in [0.05, 0.1) is 50.3 Å². The van der Waals surface area contributed by atoms with E-state index in [9.17, 15) is 24.2 Å². The number of amides is 3. The van der Waals surface area contributed by atoms with Crippen LogP contribution in [0.3, 0.4) is 0 Å². The zero-order valence-corrected chi connectivity index (χ0v) is 29.8. The first-order valence-electron chi connectivity index (χ1n) is 16.8. The summed E-state index contributed by atoms with van der Waals surface area (Å²) < 4.78 is 35.8. The normalized spacial score (nSPS) is 18.7. The molecule has 0 saturated carbocycles. The number of anilines is 3. The summed E-state index contributed by atoms with van der Waals surface area (Å²) in [6.45, 7) is 3.18. The third kappa shape index (κ3) is 9.59. The highest BCUT2D eigenvalue weighted by molar-refractivity contribution is 6.00. The van der Waals surface area contributed by atoms with Crippen LogP contribution in [0.4, 0.5) is 31.2 Å². The summed E-state index contributed by atoms with van der Waals surface area (Å²) in [7, 11) is 1.53. The Labute approximate surface area is 312 Å². The second-order valence-electron chi connectivity index (χ2n) is 12.1. The first-order chi connectivity index (χ1) is 26.5. The number of aromatic nitrogens is 5. The Hall–Kier alpha value is -6.40. The van der Waals surface area contributed by atoms with Gasteiger partial charge in [-0.15, -0.1) is 0 Å². The number of nitrogens with one attached hydrogen (secondary N) is 3. The molecule has 1 aliphatic rings. The number of aliphatic hydroxyl groups is 3. The van der Waals surface area contributed by atoms with E-state index in [4.69, 9.17) is 34.7 Å². The number of nitrogens with two attached hydrogens (primary N) is 1. The fraction of sp³-hybridized carbons (Fsp3) is 0.343. The van der Waals surface area contributed by atoms with Crippen LogP contribution in [0.2, 0.25) is 0 Å². The number of hydrogen-bond donors (Lipinski definition) is 7. The van der Waals surface area contributed by atoms with Crippen LogP contribution in [-0.2, 0) is 9.47 Å². The van der Waals surface area contributed by atoms with Crippen molar-refractivity contribution in [3.05, 3.63) is 73.0 Å². The van der Waals surface area contributed by atoms with Crippen LogP contribution in [0.15, 0.2) is 65.8 Å². The summed E-state index contributed by atoms with van der Waals surface area (Å²) in [5, 5.41) is 45.8. The number of carbonyl (C=O) groups is 2. The number of oxazole rings is 1. The van der Waals surface area contributed by atoms with Crippen molar-refractivity contribution in [1.29, 1.82) is 5.26 Å². The zero-order chi connectivity index (χ0) is 39.6. The molecule has 55 heavy (non-hydrogen) atoms. The Balaban J connectivity index is 0.000000244. The number of aliphatic hydroxyl groups excluding tert-OH is 3. The van der Waals surface area contributed by atoms with Crippen LogP contribution in [0, 0.1) is 17.4 Å². The lowest BCUT2D eigenvalue weighted by molar-refractivity contribution is -0.0511. The number of carbonyl (C=O) groups excluding carboxylic acids is 2. The van der Waals surface area contributed by atoms with E-state index in [1.165, 1.54) is 24.4 Å². The molecule has 0 bridgehead atoms. The Bertz CT molecular complexity index is 2130. The molecule has 1 saturated heterocycles. The molecule has 1 fully saturated rings. The van der Waals surface area contributed by atoms with Crippen molar-refractivity contribution in [1.82, 2.24) is 29.8 Å². The van der Waals surface area contributed by atoms with Crippen molar-refractivity contribution < 1.29 is 47.9 Å². The van der Waals surface area contributed by atoms with Gasteiger partial charge in [0.2, 0.25) is 0 Å². The molecule has 6 atom stereocenters. The Morgan fingerprint density at radius 3 is 2.56 bits per heavy atom. The summed E-state index contributed by atoms with van der Waals surface area (Å²) in [4.78, 5) is 39.4. The fourth-order valence-corrected chi connectivity index (χ4v) is 5.52. The van der Waals surface area contributed by atoms with Gasteiger partial charge in [-0.05, 0) is 43.2 Å². The number of nitrogens with zero attached hydrogens (tertiary/aromatic N) is 6. The average Bonchev–Trinajstić information content (AvgIpc) is 3.92. The maximum absolute atomic E-state index is 13.2. The van der Waals surface area contributed by atoms with Crippen LogP contribution >= 0.6 is 0 Å². The lowest BCUT2D eigenvalue weighted by atomic mass is 10.1. The first-order valence-corrected chi connectivity index (χ1v) is 16.8. The van der Waals surface area contributed by atoms with Crippen molar-refractivity contribution in [3.63, 3.8) is 0 Å². The van der Waals surface area contributed by atoms with Crippen LogP contribution in [-0.4, -0.2) is 90.1 Å². The largest absolute Gasteiger partial charge is 0.496 e. The number of ether oxygens (including phenoxy) is 3. The van der Waals surface area contributed by atoms with E-state index in [1.807, 2.05) is 19.1 Å². The summed E-state index contributed by atoms with van der Waals surface area (Å²) in [5.74, 6) is 0.933. The monoisotopic (exact) mass is 762 g/mol. The van der Waals surface area contributed by atoms with Crippen molar-refractivity contribution in [3.8, 4) is 23.1 Å². The molecule has 3 amide bonds. The molecular formula is C35H39FN10O9. The summed E-state index contributed by atoms with van der Waals surface area (Å²) >= 11 is 0. The highest BCUT2D eigenvalue weighted by Gasteiger charge is 2.44. The molecule has 6 rings (SSSR count). The topological polar surface area (TPSA) is 278 Å². The quantitative estimate of drug-likeness (QED) is 0.0946. The molecule has 19 nitrogen and oxygen atoms in total. The predicted octanol–water partition coefficient (Wildman–Crippen LogP) is 3.63. The van der Waals surface area contributed by atoms with Crippen LogP contribution < -0.4 is 26.4 Å². The minimum atomic E-state index is -1.32. The predicted molar refractivity (Wildman–Crippen MR) is 193 cm³/mol. The minimum Gasteiger partial charge on any atom is -0.496 e. The van der Waals surface area contributed by atoms with Gasteiger partial charge in [-0.1, -0.05) is 19.1 Å². The van der Waals surface area contributed by atoms with Gasteiger partial charge >= 0.3 is 18.2 Å². The van der Waals surface area contributed by atoms with Gasteiger partial charge < -0.3 is 55.6 Å². The van der Waals surface area contributed by atoms with Crippen LogP contribution in [0.1, 0.15) is 44.5 Å². The van der Waals surface area contributed by atoms with E-state index in [-0.39, 0.29) is 29.4 Å². The highest BCUT2D eigenvalue weighted by Crippen LogP contribution is 2.33. The van der Waals surface area contributed by atoms with Gasteiger partial charge in [-0.25, -0.2) is 19.6 Å². The summed E-state index contributed by atoms with van der Waals surface area (Å²) in [5.41, 5.74) is 8.26. The molecule has 1 aliphatic heterocycles. The number of nitriles is 1. The minimum absolute atomic E-state index is 0.0323. The van der Waals surface area contributed by atoms with E-state index in [0.29, 0.717) is 34.9 Å². The molecule has 0 unspecified atom stereocenters. The number of hydrogen-bond acceptors (Lipinski definition) is 15. The molecule has 2 aromatic carbocycles. The Kier molecular flexibility index (Phi) is 13.1. The van der Waals surface area contributed by atoms with Crippen molar-refractivity contribution in [2.75, 3.05) is 30.1 Å². The molecule has 0 aliphatic carbocycles. The first kappa shape index (κ1) is 39.8. The molecule has 4 heterocycles. The lowest BCUT2D eigenvalue weighted by Crippen LogP contribution is -2.33. The number of rotatable bonds is 11. The Morgan fingerprint density at radius 2 is 1.91 bits per heavy atom. The number of urea groups is 1. The van der Waals surface area contributed by atoms with Gasteiger partial charge in [-0.2, -0.15) is 19.6 Å². The van der Waals surface area contributed by atoms with E-state index in [0.717, 1.165) is 5.56 Å². The van der Waals surface area contributed by atoms with E-state index >= 15 is 0 Å². The van der Waals surface area contributed by atoms with E-state index in [2.05, 4.69) is 35.9 Å². The van der Waals surface area contributed by atoms with Crippen LogP contribution in [0.25, 0.3) is 22.5 Å². The summed E-state index contributed by atoms with van der Waals surface area (Å²) in [6.07, 6.45) is -1.83. The van der Waals surface area contributed by atoms with Crippen LogP contribution in [0.5, 0.6) is 5.75 Å². The smallest absolute Gasteiger partial charge is 0.407 e. The Morgan fingerprint density at radius 1 is 1.15 bits per heavy atom. The molecule has 5 aromatic rings. The molecule has 0 spiro atoms. The molecule has 3 aromatic heterocycles. The van der Waals surface area contributed by atoms with E-state index < -0.39 is 55.5 Å². The lowest BCUT2D eigenvalue weighted by Gasteiger charge is -2.18. The fourth-order valence-electron chi connectivity index (χ4n) is 5.52. The standard InChI is InChI=1S/C25H27N5O5.C10H12FN5O4/c1-4-20(10-11-26)35-25(32)28-16(2)17-6-5-7-18(12-17)29-24(31)30-19-8-9-21(22(13-19)33-3)23-14-27-15-34-23;11-10-14-7(12)4-8(15-10)16(2-13-4)9-6(19)5(18)3(1-17)20-9/h5-9,12-16,20H,4,10H2,1-3H3,(H,28,32)(H2,29,30,31);2-3,5-6,9,17-19H,1H2,(H2,12,14,15)/t16-,20+;3-,5-,6+,9-/m01/s1. The van der Waals surface area contributed by atoms with Crippen molar-refractivity contribution in [2.45, 2.75) is 63.4 Å². The second-order valence-corrected chi connectivity index (χ2v) is 12.1. The number of fused-ring (bicyclic) bond motifs is 1. The third-order valence-electron chi connectivity index (χ3n) is 8.40. The maximum atomic E-state index is 13.2. The number of methoxy groups -OCH3 is 1. The molecule has 20 heteroatoms. The number of imidazole rings is 1. The number of alkyl carbamates (subject to hydrolysis) is 1. The summed E-state index contributed by atoms with van der Waals surface area (Å²) in [6, 6.07) is 13.4. The van der Waals surface area contributed by atoms with Crippen molar-refractivity contribution in [2.24, 2.45) is 0 Å². The van der Waals surface area contributed by atoms with Gasteiger partial charge in [-0.3, -0.25) is 4.57 Å². The van der Waals surface area contributed by atoms with Gasteiger partial charge in [0.1, 0.15) is 30.2 Å². The van der Waals surface area contributed by atoms with Gasteiger partial charge in [0, 0.05) is 17.4 Å². The highest BCUT2D eigenvalue weighted by atomic mass is 19.1. The number of halogens is 1. The van der Waals surface area contributed by atoms with E-state index in [1.54, 1.807) is 49.5 Å². The maximum Gasteiger partial charge on any atom is 0.407 e. The number of nitrogen functional groups attached to an aromatic ring is 1. The van der Waals surface area contributed by atoms with Gasteiger partial charge in [0.15, 0.2) is 35.4 Å². The second kappa shape index (κ2) is 18.1. The molecule has 290 valence electrons. The number of benzene rings is 2. The molecule has 0 radical (unpaired) electrons. The average molecular weight is 763 g/mol. The molecule has 8 N–H and O–H groups in total. The van der Waals surface area contributed by atoms with Crippen molar-refractivity contribution >= 4 is 40.5 Å². The van der Waals surface area contributed by atoms with Gasteiger partial charge in [0.25, 0.3) is 0 Å². The SMILES string of the molecule is CC[C@H](CC#N)OC(=O)N[C@@H](C)c1cccc(NC(=O)Nc2ccc(-c3cnco3)c(OC)c2)c1.Nc1nc(F)nc2c1ncn2[C@@H]1O[C@H](CO)[C@@H](O)[C@@H]1O. The zero-order valence-electron chi connectivity index (χ0n) is 29.8.